The first kappa shape index (κ1) is 15.7. The van der Waals surface area contributed by atoms with E-state index in [4.69, 9.17) is 4.52 Å². The number of amides is 1. The van der Waals surface area contributed by atoms with Crippen molar-refractivity contribution in [1.29, 1.82) is 0 Å². The first-order chi connectivity index (χ1) is 11.6. The standard InChI is InChI=1S/C16H21N5O2S/c1-10(2)14-18-15(23-19-14)12-4-3-6-21(12)13(22)8-11-9-24-16-17-5-7-20(11)16/h9-10,12H,3-8H2,1-2H3/t12-/m1/s1. The highest BCUT2D eigenvalue weighted by atomic mass is 32.2. The van der Waals surface area contributed by atoms with Crippen molar-refractivity contribution in [2.45, 2.75) is 45.1 Å². The minimum absolute atomic E-state index is 0.0844. The van der Waals surface area contributed by atoms with Crippen molar-refractivity contribution in [1.82, 2.24) is 19.9 Å². The fourth-order valence-electron chi connectivity index (χ4n) is 3.31. The number of aromatic nitrogens is 2. The van der Waals surface area contributed by atoms with Gasteiger partial charge in [-0.3, -0.25) is 9.79 Å². The van der Waals surface area contributed by atoms with Gasteiger partial charge in [-0.05, 0) is 18.2 Å². The van der Waals surface area contributed by atoms with Gasteiger partial charge in [0.15, 0.2) is 11.0 Å². The monoisotopic (exact) mass is 347 g/mol. The van der Waals surface area contributed by atoms with Crippen LogP contribution in [0.2, 0.25) is 0 Å². The molecular weight excluding hydrogens is 326 g/mol. The normalized spacial score (nSPS) is 23.0. The minimum Gasteiger partial charge on any atom is -0.337 e. The fraction of sp³-hybridized carbons (Fsp3) is 0.625. The van der Waals surface area contributed by atoms with E-state index in [1.54, 1.807) is 11.8 Å². The van der Waals surface area contributed by atoms with E-state index < -0.39 is 0 Å². The number of hydrogen-bond donors (Lipinski definition) is 0. The number of carbonyl (C=O) groups excluding carboxylic acids is 1. The molecule has 0 unspecified atom stereocenters. The Bertz CT molecular complexity index is 711. The number of aliphatic imine (C=N–C) groups is 1. The topological polar surface area (TPSA) is 74.8 Å². The summed E-state index contributed by atoms with van der Waals surface area (Å²) in [5, 5.41) is 7.11. The molecule has 1 atom stereocenters. The van der Waals surface area contributed by atoms with E-state index in [0.29, 0.717) is 18.1 Å². The van der Waals surface area contributed by atoms with Crippen LogP contribution in [-0.4, -0.2) is 50.6 Å². The summed E-state index contributed by atoms with van der Waals surface area (Å²) < 4.78 is 5.43. The number of thioether (sulfide) groups is 1. The van der Waals surface area contributed by atoms with Crippen LogP contribution in [0.4, 0.5) is 0 Å². The van der Waals surface area contributed by atoms with Crippen LogP contribution in [0.1, 0.15) is 56.8 Å². The number of likely N-dealkylation sites (tertiary alicyclic amines) is 1. The molecule has 0 bridgehead atoms. The Hall–Kier alpha value is -1.83. The zero-order chi connectivity index (χ0) is 16.7. The largest absolute Gasteiger partial charge is 0.337 e. The molecule has 4 heterocycles. The Balaban J connectivity index is 1.46. The van der Waals surface area contributed by atoms with Crippen molar-refractivity contribution in [3.8, 4) is 0 Å². The summed E-state index contributed by atoms with van der Waals surface area (Å²) in [5.74, 6) is 1.63. The summed E-state index contributed by atoms with van der Waals surface area (Å²) in [6, 6.07) is -0.0844. The number of carbonyl (C=O) groups is 1. The molecule has 1 aromatic rings. The van der Waals surface area contributed by atoms with Crippen LogP contribution in [-0.2, 0) is 4.79 Å². The van der Waals surface area contributed by atoms with Gasteiger partial charge in [-0.2, -0.15) is 4.98 Å². The van der Waals surface area contributed by atoms with E-state index in [0.717, 1.165) is 43.3 Å². The van der Waals surface area contributed by atoms with Crippen molar-refractivity contribution in [2.75, 3.05) is 19.6 Å². The van der Waals surface area contributed by atoms with Crippen LogP contribution in [0.3, 0.4) is 0 Å². The van der Waals surface area contributed by atoms with Crippen LogP contribution < -0.4 is 0 Å². The zero-order valence-electron chi connectivity index (χ0n) is 13.9. The molecule has 7 nitrogen and oxygen atoms in total. The summed E-state index contributed by atoms with van der Waals surface area (Å²) in [6.07, 6.45) is 2.27. The van der Waals surface area contributed by atoms with E-state index in [-0.39, 0.29) is 17.9 Å². The Morgan fingerprint density at radius 3 is 3.12 bits per heavy atom. The van der Waals surface area contributed by atoms with Crippen molar-refractivity contribution >= 4 is 22.8 Å². The molecule has 128 valence electrons. The molecule has 0 N–H and O–H groups in total. The van der Waals surface area contributed by atoms with Gasteiger partial charge in [0.05, 0.1) is 13.0 Å². The maximum Gasteiger partial charge on any atom is 0.249 e. The number of amidine groups is 1. The highest BCUT2D eigenvalue weighted by molar-refractivity contribution is 8.16. The van der Waals surface area contributed by atoms with Crippen molar-refractivity contribution in [2.24, 2.45) is 4.99 Å². The molecule has 1 saturated heterocycles. The molecule has 0 aliphatic carbocycles. The first-order valence-corrected chi connectivity index (χ1v) is 9.32. The molecule has 1 fully saturated rings. The van der Waals surface area contributed by atoms with Gasteiger partial charge in [0, 0.05) is 24.7 Å². The van der Waals surface area contributed by atoms with Crippen molar-refractivity contribution in [3.63, 3.8) is 0 Å². The quantitative estimate of drug-likeness (QED) is 0.833. The van der Waals surface area contributed by atoms with E-state index in [1.165, 1.54) is 0 Å². The molecule has 0 saturated carbocycles. The second-order valence-electron chi connectivity index (χ2n) is 6.61. The second-order valence-corrected chi connectivity index (χ2v) is 7.45. The lowest BCUT2D eigenvalue weighted by molar-refractivity contribution is -0.132. The van der Waals surface area contributed by atoms with Gasteiger partial charge in [-0.1, -0.05) is 30.8 Å². The predicted octanol–water partition coefficient (Wildman–Crippen LogP) is 2.51. The third kappa shape index (κ3) is 2.72. The van der Waals surface area contributed by atoms with Crippen molar-refractivity contribution < 1.29 is 9.32 Å². The second kappa shape index (κ2) is 6.23. The van der Waals surface area contributed by atoms with Gasteiger partial charge in [-0.25, -0.2) is 0 Å². The molecule has 4 rings (SSSR count). The third-order valence-corrected chi connectivity index (χ3v) is 5.56. The molecular formula is C16H21N5O2S. The fourth-order valence-corrected chi connectivity index (χ4v) is 4.26. The Morgan fingerprint density at radius 1 is 1.46 bits per heavy atom. The van der Waals surface area contributed by atoms with Gasteiger partial charge >= 0.3 is 0 Å². The smallest absolute Gasteiger partial charge is 0.249 e. The van der Waals surface area contributed by atoms with Crippen LogP contribution >= 0.6 is 11.8 Å². The van der Waals surface area contributed by atoms with E-state index in [2.05, 4.69) is 20.0 Å². The lowest BCUT2D eigenvalue weighted by Gasteiger charge is -2.24. The Labute approximate surface area is 145 Å². The molecule has 24 heavy (non-hydrogen) atoms. The molecule has 1 aromatic heterocycles. The molecule has 8 heteroatoms. The minimum atomic E-state index is -0.0844. The summed E-state index contributed by atoms with van der Waals surface area (Å²) in [7, 11) is 0. The first-order valence-electron chi connectivity index (χ1n) is 8.44. The third-order valence-electron chi connectivity index (χ3n) is 4.61. The summed E-state index contributed by atoms with van der Waals surface area (Å²) in [6.45, 7) is 6.52. The summed E-state index contributed by atoms with van der Waals surface area (Å²) >= 11 is 1.61. The Morgan fingerprint density at radius 2 is 2.33 bits per heavy atom. The van der Waals surface area contributed by atoms with Crippen molar-refractivity contribution in [3.05, 3.63) is 22.8 Å². The van der Waals surface area contributed by atoms with Gasteiger partial charge in [-0.15, -0.1) is 0 Å². The zero-order valence-corrected chi connectivity index (χ0v) is 14.8. The maximum absolute atomic E-state index is 12.8. The number of hydrogen-bond acceptors (Lipinski definition) is 7. The van der Waals surface area contributed by atoms with Crippen LogP contribution in [0.25, 0.3) is 0 Å². The molecule has 1 amide bonds. The predicted molar refractivity (Wildman–Crippen MR) is 91.4 cm³/mol. The van der Waals surface area contributed by atoms with Gasteiger partial charge in [0.2, 0.25) is 11.8 Å². The summed E-state index contributed by atoms with van der Waals surface area (Å²) in [4.78, 5) is 25.8. The molecule has 3 aliphatic rings. The lowest BCUT2D eigenvalue weighted by atomic mass is 10.2. The van der Waals surface area contributed by atoms with Gasteiger partial charge in [0.1, 0.15) is 6.04 Å². The molecule has 0 radical (unpaired) electrons. The maximum atomic E-state index is 12.8. The average Bonchev–Trinajstić information content (AvgIpc) is 3.32. The van der Waals surface area contributed by atoms with Gasteiger partial charge < -0.3 is 14.3 Å². The molecule has 3 aliphatic heterocycles. The highest BCUT2D eigenvalue weighted by Gasteiger charge is 2.36. The molecule has 0 spiro atoms. The lowest BCUT2D eigenvalue weighted by Crippen LogP contribution is -2.33. The van der Waals surface area contributed by atoms with Crippen LogP contribution in [0.15, 0.2) is 20.6 Å². The average molecular weight is 347 g/mol. The van der Waals surface area contributed by atoms with E-state index in [1.807, 2.05) is 24.2 Å². The molecule has 0 aromatic carbocycles. The Kier molecular flexibility index (Phi) is 4.07. The number of rotatable bonds is 4. The van der Waals surface area contributed by atoms with E-state index >= 15 is 0 Å². The number of fused-ring (bicyclic) bond motifs is 1. The van der Waals surface area contributed by atoms with Crippen LogP contribution in [0, 0.1) is 0 Å². The number of nitrogens with zero attached hydrogens (tertiary/aromatic N) is 5. The van der Waals surface area contributed by atoms with Crippen LogP contribution in [0.5, 0.6) is 0 Å². The van der Waals surface area contributed by atoms with E-state index in [9.17, 15) is 4.79 Å². The SMILES string of the molecule is CC(C)c1noc([C@H]2CCCN2C(=O)CC2=CSC3=NCCN23)n1. The summed E-state index contributed by atoms with van der Waals surface area (Å²) in [5.41, 5.74) is 1.06. The van der Waals surface area contributed by atoms with Gasteiger partial charge in [0.25, 0.3) is 0 Å². The highest BCUT2D eigenvalue weighted by Crippen LogP contribution is 2.35.